The van der Waals surface area contributed by atoms with Crippen molar-refractivity contribution in [1.29, 1.82) is 0 Å². The van der Waals surface area contributed by atoms with Gasteiger partial charge in [0.15, 0.2) is 5.13 Å². The molecule has 0 atom stereocenters. The van der Waals surface area contributed by atoms with Crippen molar-refractivity contribution in [2.75, 3.05) is 37.8 Å². The van der Waals surface area contributed by atoms with Crippen molar-refractivity contribution in [3.05, 3.63) is 57.6 Å². The van der Waals surface area contributed by atoms with E-state index in [1.807, 2.05) is 31.1 Å². The first-order chi connectivity index (χ1) is 13.8. The number of fused-ring (bicyclic) bond motifs is 1. The largest absolute Gasteiger partial charge is 0.308 e. The van der Waals surface area contributed by atoms with Gasteiger partial charge in [-0.15, -0.1) is 11.8 Å². The Kier molecular flexibility index (Phi) is 7.07. The van der Waals surface area contributed by atoms with Crippen LogP contribution in [0.2, 0.25) is 5.02 Å². The van der Waals surface area contributed by atoms with Crippen molar-refractivity contribution in [1.82, 2.24) is 9.88 Å². The molecule has 10 heteroatoms. The first kappa shape index (κ1) is 21.5. The minimum atomic E-state index is -0.434. The first-order valence-electron chi connectivity index (χ1n) is 8.72. The van der Waals surface area contributed by atoms with E-state index in [1.165, 1.54) is 35.2 Å². The molecule has 1 amide bonds. The van der Waals surface area contributed by atoms with Crippen LogP contribution in [0.25, 0.3) is 10.2 Å². The summed E-state index contributed by atoms with van der Waals surface area (Å²) in [5.41, 5.74) is 0.653. The summed E-state index contributed by atoms with van der Waals surface area (Å²) in [6.45, 7) is 1.16. The van der Waals surface area contributed by atoms with Gasteiger partial charge in [0, 0.05) is 35.1 Å². The number of nitrogens with zero attached hydrogens (tertiary/aromatic N) is 4. The molecule has 152 valence electrons. The summed E-state index contributed by atoms with van der Waals surface area (Å²) in [7, 11) is 3.87. The topological polar surface area (TPSA) is 79.6 Å². The van der Waals surface area contributed by atoms with Crippen LogP contribution in [0.5, 0.6) is 0 Å². The smallest absolute Gasteiger partial charge is 0.270 e. The number of carbonyl (C=O) groups excluding carboxylic acids is 1. The highest BCUT2D eigenvalue weighted by Gasteiger charge is 2.21. The van der Waals surface area contributed by atoms with Crippen LogP contribution in [-0.2, 0) is 4.79 Å². The minimum Gasteiger partial charge on any atom is -0.308 e. The van der Waals surface area contributed by atoms with Crippen molar-refractivity contribution in [2.24, 2.45) is 0 Å². The van der Waals surface area contributed by atoms with Crippen molar-refractivity contribution in [3.8, 4) is 0 Å². The van der Waals surface area contributed by atoms with E-state index in [1.54, 1.807) is 23.1 Å². The van der Waals surface area contributed by atoms with Gasteiger partial charge in [0.1, 0.15) is 0 Å². The molecule has 0 fully saturated rings. The van der Waals surface area contributed by atoms with Crippen LogP contribution in [0.15, 0.2) is 47.4 Å². The number of hydrogen-bond acceptors (Lipinski definition) is 7. The van der Waals surface area contributed by atoms with Crippen LogP contribution in [0.3, 0.4) is 0 Å². The predicted octanol–water partition coefficient (Wildman–Crippen LogP) is 4.54. The van der Waals surface area contributed by atoms with Gasteiger partial charge in [0.05, 0.1) is 20.9 Å². The van der Waals surface area contributed by atoms with Gasteiger partial charge >= 0.3 is 0 Å². The summed E-state index contributed by atoms with van der Waals surface area (Å²) in [4.78, 5) is 32.7. The molecule has 7 nitrogen and oxygen atoms in total. The summed E-state index contributed by atoms with van der Waals surface area (Å²) < 4.78 is 0.683. The number of anilines is 1. The Bertz CT molecular complexity index is 1020. The van der Waals surface area contributed by atoms with Crippen LogP contribution in [0.4, 0.5) is 10.8 Å². The molecule has 0 radical (unpaired) electrons. The maximum atomic E-state index is 13.0. The minimum absolute atomic E-state index is 0.0113. The number of nitro groups is 1. The zero-order valence-corrected chi connectivity index (χ0v) is 18.3. The molecule has 0 aliphatic rings. The second-order valence-corrected chi connectivity index (χ2v) is 8.99. The van der Waals surface area contributed by atoms with Gasteiger partial charge in [-0.2, -0.15) is 0 Å². The van der Waals surface area contributed by atoms with Gasteiger partial charge in [-0.1, -0.05) is 22.9 Å². The summed E-state index contributed by atoms with van der Waals surface area (Å²) in [6.07, 6.45) is 0. The molecule has 1 aromatic heterocycles. The fourth-order valence-electron chi connectivity index (χ4n) is 2.51. The van der Waals surface area contributed by atoms with Gasteiger partial charge in [0.2, 0.25) is 5.91 Å². The molecular formula is C19H19ClN4O3S2. The molecule has 2 aromatic carbocycles. The highest BCUT2D eigenvalue weighted by Crippen LogP contribution is 2.32. The molecule has 0 bridgehead atoms. The van der Waals surface area contributed by atoms with E-state index >= 15 is 0 Å². The van der Waals surface area contributed by atoms with Gasteiger partial charge in [-0.05, 0) is 44.4 Å². The number of halogens is 1. The van der Waals surface area contributed by atoms with Crippen molar-refractivity contribution < 1.29 is 9.72 Å². The van der Waals surface area contributed by atoms with Crippen LogP contribution < -0.4 is 4.90 Å². The number of likely N-dealkylation sites (N-methyl/N-ethyl adjacent to an activating group) is 1. The second-order valence-electron chi connectivity index (χ2n) is 6.50. The van der Waals surface area contributed by atoms with Crippen LogP contribution in [0.1, 0.15) is 0 Å². The molecule has 0 aliphatic carbocycles. The molecular weight excluding hydrogens is 432 g/mol. The quantitative estimate of drug-likeness (QED) is 0.284. The fourth-order valence-corrected chi connectivity index (χ4v) is 4.45. The zero-order chi connectivity index (χ0) is 21.0. The average molecular weight is 451 g/mol. The van der Waals surface area contributed by atoms with Crippen LogP contribution >= 0.6 is 34.7 Å². The maximum Gasteiger partial charge on any atom is 0.270 e. The van der Waals surface area contributed by atoms with Gasteiger partial charge < -0.3 is 4.90 Å². The van der Waals surface area contributed by atoms with Crippen molar-refractivity contribution in [3.63, 3.8) is 0 Å². The Labute approximate surface area is 181 Å². The summed E-state index contributed by atoms with van der Waals surface area (Å²) in [5, 5.41) is 12.2. The summed E-state index contributed by atoms with van der Waals surface area (Å²) >= 11 is 8.62. The van der Waals surface area contributed by atoms with Gasteiger partial charge in [0.25, 0.3) is 5.69 Å². The van der Waals surface area contributed by atoms with Crippen LogP contribution in [-0.4, -0.2) is 53.7 Å². The van der Waals surface area contributed by atoms with Crippen molar-refractivity contribution >= 4 is 61.6 Å². The number of hydrogen-bond donors (Lipinski definition) is 0. The number of thioether (sulfide) groups is 1. The number of benzene rings is 2. The summed E-state index contributed by atoms with van der Waals surface area (Å²) in [5.74, 6) is 0.186. The van der Waals surface area contributed by atoms with E-state index in [9.17, 15) is 14.9 Å². The Morgan fingerprint density at radius 1 is 1.21 bits per heavy atom. The first-order valence-corrected chi connectivity index (χ1v) is 10.9. The number of nitro benzene ring substituents is 1. The highest BCUT2D eigenvalue weighted by molar-refractivity contribution is 8.00. The highest BCUT2D eigenvalue weighted by atomic mass is 35.5. The third kappa shape index (κ3) is 5.66. The number of non-ortho nitro benzene ring substituents is 1. The zero-order valence-electron chi connectivity index (χ0n) is 15.9. The molecule has 3 rings (SSSR count). The third-order valence-electron chi connectivity index (χ3n) is 4.05. The van der Waals surface area contributed by atoms with Crippen molar-refractivity contribution in [2.45, 2.75) is 4.90 Å². The lowest BCUT2D eigenvalue weighted by atomic mass is 10.3. The maximum absolute atomic E-state index is 13.0. The average Bonchev–Trinajstić information content (AvgIpc) is 3.10. The third-order valence-corrected chi connectivity index (χ3v) is 6.34. The number of aromatic nitrogens is 1. The molecule has 0 aliphatic heterocycles. The van der Waals surface area contributed by atoms with E-state index < -0.39 is 4.92 Å². The monoisotopic (exact) mass is 450 g/mol. The van der Waals surface area contributed by atoms with E-state index in [-0.39, 0.29) is 17.3 Å². The van der Waals surface area contributed by atoms with Gasteiger partial charge in [-0.3, -0.25) is 19.8 Å². The lowest BCUT2D eigenvalue weighted by Crippen LogP contribution is -2.37. The van der Waals surface area contributed by atoms with E-state index in [2.05, 4.69) is 4.98 Å². The standard InChI is InChI=1S/C19H19ClN4O3S2/c1-22(2)9-10-23(18(25)12-28-15-6-3-13(20)4-7-15)19-21-16-8-5-14(24(26)27)11-17(16)29-19/h3-8,11H,9-10,12H2,1-2H3. The van der Waals surface area contributed by atoms with E-state index in [0.717, 1.165) is 4.90 Å². The fraction of sp³-hybridized carbons (Fsp3) is 0.263. The molecule has 0 N–H and O–H groups in total. The molecule has 0 saturated heterocycles. The van der Waals surface area contributed by atoms with E-state index in [0.29, 0.717) is 33.5 Å². The van der Waals surface area contributed by atoms with Crippen LogP contribution in [0, 0.1) is 10.1 Å². The number of amides is 1. The molecule has 0 spiro atoms. The lowest BCUT2D eigenvalue weighted by Gasteiger charge is -2.21. The molecule has 0 unspecified atom stereocenters. The second kappa shape index (κ2) is 9.53. The number of thiazole rings is 1. The Morgan fingerprint density at radius 3 is 2.59 bits per heavy atom. The van der Waals surface area contributed by atoms with E-state index in [4.69, 9.17) is 11.6 Å². The molecule has 29 heavy (non-hydrogen) atoms. The number of carbonyl (C=O) groups is 1. The Balaban J connectivity index is 1.81. The Morgan fingerprint density at radius 2 is 1.93 bits per heavy atom. The predicted molar refractivity (Wildman–Crippen MR) is 119 cm³/mol. The molecule has 1 heterocycles. The number of rotatable bonds is 8. The SMILES string of the molecule is CN(C)CCN(C(=O)CSc1ccc(Cl)cc1)c1nc2ccc([N+](=O)[O-])cc2s1. The Hall–Kier alpha value is -2.20. The molecule has 3 aromatic rings. The molecule has 0 saturated carbocycles. The lowest BCUT2D eigenvalue weighted by molar-refractivity contribution is -0.384. The van der Waals surface area contributed by atoms with Gasteiger partial charge in [-0.25, -0.2) is 4.98 Å². The summed E-state index contributed by atoms with van der Waals surface area (Å²) in [6, 6.07) is 11.9. The normalized spacial score (nSPS) is 11.2.